The summed E-state index contributed by atoms with van der Waals surface area (Å²) in [5.74, 6) is 0.536. The molecular formula is C15H25ClN2O2S. The van der Waals surface area contributed by atoms with Crippen LogP contribution in [0.2, 0.25) is 0 Å². The highest BCUT2D eigenvalue weighted by atomic mass is 35.5. The number of hydrogen-bond donors (Lipinski definition) is 1. The van der Waals surface area contributed by atoms with E-state index < -0.39 is 10.0 Å². The van der Waals surface area contributed by atoms with Crippen LogP contribution < -0.4 is 5.73 Å². The Morgan fingerprint density at radius 2 is 2.00 bits per heavy atom. The molecule has 0 spiro atoms. The zero-order valence-electron chi connectivity index (χ0n) is 12.9. The molecule has 2 atom stereocenters. The van der Waals surface area contributed by atoms with Crippen molar-refractivity contribution in [2.45, 2.75) is 44.6 Å². The highest BCUT2D eigenvalue weighted by Crippen LogP contribution is 2.29. The maximum absolute atomic E-state index is 12.9. The van der Waals surface area contributed by atoms with Gasteiger partial charge in [-0.3, -0.25) is 0 Å². The third kappa shape index (κ3) is 3.77. The molecule has 0 radical (unpaired) electrons. The maximum Gasteiger partial charge on any atom is 0.243 e. The van der Waals surface area contributed by atoms with Crippen LogP contribution in [0, 0.1) is 19.8 Å². The SMILES string of the molecule is Cc1ccc(C)c(S(=O)(=O)N2CCC(C)CC2CN)c1.Cl. The van der Waals surface area contributed by atoms with E-state index in [-0.39, 0.29) is 18.4 Å². The van der Waals surface area contributed by atoms with Gasteiger partial charge in [-0.15, -0.1) is 12.4 Å². The average Bonchev–Trinajstić information content (AvgIpc) is 2.40. The molecule has 1 aromatic rings. The summed E-state index contributed by atoms with van der Waals surface area (Å²) in [4.78, 5) is 0.422. The largest absolute Gasteiger partial charge is 0.329 e. The van der Waals surface area contributed by atoms with Crippen molar-refractivity contribution in [1.82, 2.24) is 4.31 Å². The monoisotopic (exact) mass is 332 g/mol. The lowest BCUT2D eigenvalue weighted by atomic mass is 9.94. The minimum absolute atomic E-state index is 0. The fraction of sp³-hybridized carbons (Fsp3) is 0.600. The Balaban J connectivity index is 0.00000220. The van der Waals surface area contributed by atoms with E-state index in [1.165, 1.54) is 0 Å². The van der Waals surface area contributed by atoms with Crippen molar-refractivity contribution in [3.05, 3.63) is 29.3 Å². The smallest absolute Gasteiger partial charge is 0.243 e. The molecule has 1 fully saturated rings. The molecule has 0 saturated carbocycles. The van der Waals surface area contributed by atoms with Crippen LogP contribution in [0.25, 0.3) is 0 Å². The predicted octanol–water partition coefficient (Wildman–Crippen LogP) is 2.47. The molecule has 2 N–H and O–H groups in total. The summed E-state index contributed by atoms with van der Waals surface area (Å²) in [5.41, 5.74) is 7.55. The number of piperidine rings is 1. The summed E-state index contributed by atoms with van der Waals surface area (Å²) >= 11 is 0. The Morgan fingerprint density at radius 1 is 1.33 bits per heavy atom. The summed E-state index contributed by atoms with van der Waals surface area (Å²) in [6, 6.07) is 5.49. The van der Waals surface area contributed by atoms with Crippen molar-refractivity contribution in [1.29, 1.82) is 0 Å². The molecular weight excluding hydrogens is 308 g/mol. The van der Waals surface area contributed by atoms with E-state index in [1.54, 1.807) is 10.4 Å². The molecule has 2 unspecified atom stereocenters. The van der Waals surface area contributed by atoms with E-state index in [0.29, 0.717) is 23.9 Å². The lowest BCUT2D eigenvalue weighted by Gasteiger charge is -2.37. The van der Waals surface area contributed by atoms with E-state index in [0.717, 1.165) is 24.0 Å². The van der Waals surface area contributed by atoms with Crippen LogP contribution in [0.3, 0.4) is 0 Å². The standard InChI is InChI=1S/C15H24N2O2S.ClH/c1-11-4-5-13(3)15(9-11)20(18,19)17-7-6-12(2)8-14(17)10-16;/h4-5,9,12,14H,6-8,10,16H2,1-3H3;1H. The van der Waals surface area contributed by atoms with E-state index in [9.17, 15) is 8.42 Å². The molecule has 2 rings (SSSR count). The van der Waals surface area contributed by atoms with Crippen LogP contribution in [-0.4, -0.2) is 31.9 Å². The number of nitrogens with zero attached hydrogens (tertiary/aromatic N) is 1. The lowest BCUT2D eigenvalue weighted by molar-refractivity contribution is 0.211. The molecule has 0 bridgehead atoms. The number of nitrogens with two attached hydrogens (primary N) is 1. The van der Waals surface area contributed by atoms with Crippen molar-refractivity contribution < 1.29 is 8.42 Å². The fourth-order valence-electron chi connectivity index (χ4n) is 2.87. The van der Waals surface area contributed by atoms with Crippen molar-refractivity contribution in [3.63, 3.8) is 0 Å². The number of halogens is 1. The Hall–Kier alpha value is -0.620. The number of benzene rings is 1. The Bertz CT molecular complexity index is 589. The topological polar surface area (TPSA) is 63.4 Å². The number of aryl methyl sites for hydroxylation is 2. The first-order valence-corrected chi connectivity index (χ1v) is 8.59. The van der Waals surface area contributed by atoms with Gasteiger partial charge in [0.25, 0.3) is 0 Å². The zero-order valence-corrected chi connectivity index (χ0v) is 14.5. The first kappa shape index (κ1) is 18.4. The van der Waals surface area contributed by atoms with Crippen molar-refractivity contribution in [2.24, 2.45) is 11.7 Å². The predicted molar refractivity (Wildman–Crippen MR) is 88.3 cm³/mol. The molecule has 1 saturated heterocycles. The average molecular weight is 333 g/mol. The molecule has 0 aliphatic carbocycles. The van der Waals surface area contributed by atoms with Gasteiger partial charge in [-0.1, -0.05) is 19.1 Å². The first-order chi connectivity index (χ1) is 9.36. The third-order valence-corrected chi connectivity index (χ3v) is 6.22. The molecule has 21 heavy (non-hydrogen) atoms. The molecule has 1 aromatic carbocycles. The summed E-state index contributed by atoms with van der Waals surface area (Å²) in [5, 5.41) is 0. The minimum atomic E-state index is -3.45. The Labute approximate surface area is 134 Å². The maximum atomic E-state index is 12.9. The second-order valence-electron chi connectivity index (χ2n) is 5.90. The van der Waals surface area contributed by atoms with Gasteiger partial charge in [-0.25, -0.2) is 8.42 Å². The first-order valence-electron chi connectivity index (χ1n) is 7.15. The highest BCUT2D eigenvalue weighted by Gasteiger charge is 2.35. The third-order valence-electron chi connectivity index (χ3n) is 4.13. The van der Waals surface area contributed by atoms with Crippen molar-refractivity contribution in [3.8, 4) is 0 Å². The van der Waals surface area contributed by atoms with Gasteiger partial charge in [0.2, 0.25) is 10.0 Å². The van der Waals surface area contributed by atoms with Crippen LogP contribution >= 0.6 is 12.4 Å². The minimum Gasteiger partial charge on any atom is -0.329 e. The van der Waals surface area contributed by atoms with Gasteiger partial charge in [-0.05, 0) is 49.8 Å². The van der Waals surface area contributed by atoms with Crippen LogP contribution in [-0.2, 0) is 10.0 Å². The number of rotatable bonds is 3. The summed E-state index contributed by atoms with van der Waals surface area (Å²) < 4.78 is 27.4. The number of hydrogen-bond acceptors (Lipinski definition) is 3. The van der Waals surface area contributed by atoms with Crippen molar-refractivity contribution in [2.75, 3.05) is 13.1 Å². The van der Waals surface area contributed by atoms with Gasteiger partial charge in [0.1, 0.15) is 0 Å². The number of sulfonamides is 1. The molecule has 0 aromatic heterocycles. The summed E-state index contributed by atoms with van der Waals surface area (Å²) in [6.45, 7) is 6.87. The van der Waals surface area contributed by atoms with Gasteiger partial charge in [0.05, 0.1) is 4.90 Å². The van der Waals surface area contributed by atoms with Gasteiger partial charge in [-0.2, -0.15) is 4.31 Å². The zero-order chi connectivity index (χ0) is 14.9. The second-order valence-corrected chi connectivity index (χ2v) is 7.76. The van der Waals surface area contributed by atoms with Crippen LogP contribution in [0.1, 0.15) is 30.9 Å². The van der Waals surface area contributed by atoms with Gasteiger partial charge in [0, 0.05) is 19.1 Å². The highest BCUT2D eigenvalue weighted by molar-refractivity contribution is 7.89. The normalized spacial score (nSPS) is 23.6. The molecule has 0 amide bonds. The van der Waals surface area contributed by atoms with Gasteiger partial charge >= 0.3 is 0 Å². The van der Waals surface area contributed by atoms with Gasteiger partial charge < -0.3 is 5.73 Å². The quantitative estimate of drug-likeness (QED) is 0.924. The van der Waals surface area contributed by atoms with Crippen LogP contribution in [0.4, 0.5) is 0 Å². The van der Waals surface area contributed by atoms with Crippen LogP contribution in [0.5, 0.6) is 0 Å². The molecule has 1 aliphatic heterocycles. The van der Waals surface area contributed by atoms with Crippen LogP contribution in [0.15, 0.2) is 23.1 Å². The Kier molecular flexibility index (Phi) is 6.23. The molecule has 6 heteroatoms. The molecule has 4 nitrogen and oxygen atoms in total. The van der Waals surface area contributed by atoms with E-state index >= 15 is 0 Å². The lowest BCUT2D eigenvalue weighted by Crippen LogP contribution is -2.49. The Morgan fingerprint density at radius 3 is 2.62 bits per heavy atom. The summed E-state index contributed by atoms with van der Waals surface area (Å²) in [6.07, 6.45) is 1.75. The van der Waals surface area contributed by atoms with Gasteiger partial charge in [0.15, 0.2) is 0 Å². The van der Waals surface area contributed by atoms with Crippen molar-refractivity contribution >= 4 is 22.4 Å². The fourth-order valence-corrected chi connectivity index (χ4v) is 4.84. The van der Waals surface area contributed by atoms with E-state index in [1.807, 2.05) is 26.0 Å². The van der Waals surface area contributed by atoms with E-state index in [2.05, 4.69) is 6.92 Å². The molecule has 1 aliphatic rings. The summed E-state index contributed by atoms with van der Waals surface area (Å²) in [7, 11) is -3.45. The molecule has 1 heterocycles. The van der Waals surface area contributed by atoms with E-state index in [4.69, 9.17) is 5.73 Å². The second kappa shape index (κ2) is 7.09. The molecule has 120 valence electrons.